The van der Waals surface area contributed by atoms with Gasteiger partial charge in [0.25, 0.3) is 5.91 Å². The fourth-order valence-corrected chi connectivity index (χ4v) is 14.0. The highest BCUT2D eigenvalue weighted by atomic mass is 28.3. The van der Waals surface area contributed by atoms with E-state index >= 15 is 0 Å². The third-order valence-electron chi connectivity index (χ3n) is 11.2. The first-order valence-corrected chi connectivity index (χ1v) is 19.0. The van der Waals surface area contributed by atoms with Crippen molar-refractivity contribution in [1.29, 1.82) is 0 Å². The van der Waals surface area contributed by atoms with Crippen molar-refractivity contribution in [1.82, 2.24) is 24.4 Å². The SMILES string of the molecule is [2H]C([2H])([2H])N1C(=O)c2cccc(C#C[Si](C(C)C)(C(C)C)C(C)C)c2[C@H]2C[C@@H]1c1nc3ccc(-c4cnc(C5(N)CCCC5)nc4)cc3n12. The lowest BCUT2D eigenvalue weighted by atomic mass is 9.93. The molecule has 2 atom stereocenters. The molecule has 3 aliphatic rings. The van der Waals surface area contributed by atoms with E-state index in [0.717, 1.165) is 63.9 Å². The van der Waals surface area contributed by atoms with Gasteiger partial charge in [-0.3, -0.25) is 4.79 Å². The third kappa shape index (κ3) is 4.57. The molecule has 0 spiro atoms. The summed E-state index contributed by atoms with van der Waals surface area (Å²) in [5, 5.41) is 0. The lowest BCUT2D eigenvalue weighted by molar-refractivity contribution is 0.0734. The first kappa shape index (κ1) is 27.3. The minimum atomic E-state index is -2.65. The Balaban J connectivity index is 1.40. The van der Waals surface area contributed by atoms with Gasteiger partial charge in [-0.15, -0.1) is 5.54 Å². The van der Waals surface area contributed by atoms with Gasteiger partial charge in [-0.2, -0.15) is 0 Å². The summed E-state index contributed by atoms with van der Waals surface area (Å²) in [5.41, 5.74) is 16.7. The number of hydrogen-bond acceptors (Lipinski definition) is 5. The molecular formula is C38H46N6OSi. The van der Waals surface area contributed by atoms with Crippen molar-refractivity contribution in [3.63, 3.8) is 0 Å². The number of nitrogens with two attached hydrogens (primary N) is 1. The number of fused-ring (bicyclic) bond motifs is 9. The molecular weight excluding hydrogens is 585 g/mol. The molecule has 0 radical (unpaired) electrons. The molecule has 1 saturated carbocycles. The van der Waals surface area contributed by atoms with Gasteiger partial charge in [0.05, 0.1) is 28.7 Å². The molecule has 2 bridgehead atoms. The number of amides is 1. The van der Waals surface area contributed by atoms with E-state index in [9.17, 15) is 4.79 Å². The molecule has 4 aromatic rings. The maximum absolute atomic E-state index is 14.2. The molecule has 8 heteroatoms. The van der Waals surface area contributed by atoms with Gasteiger partial charge in [0.2, 0.25) is 0 Å². The summed E-state index contributed by atoms with van der Waals surface area (Å²) >= 11 is 0. The predicted octanol–water partition coefficient (Wildman–Crippen LogP) is 7.91. The van der Waals surface area contributed by atoms with Crippen LogP contribution in [0.2, 0.25) is 16.6 Å². The molecule has 2 N–H and O–H groups in total. The van der Waals surface area contributed by atoms with Crippen LogP contribution in [0.4, 0.5) is 0 Å². The molecule has 2 aromatic carbocycles. The molecule has 7 nitrogen and oxygen atoms in total. The van der Waals surface area contributed by atoms with E-state index in [1.165, 1.54) is 0 Å². The summed E-state index contributed by atoms with van der Waals surface area (Å²) in [5.74, 6) is 4.40. The Morgan fingerprint density at radius 3 is 2.33 bits per heavy atom. The second-order valence-corrected chi connectivity index (χ2v) is 20.1. The van der Waals surface area contributed by atoms with Crippen LogP contribution in [0.3, 0.4) is 0 Å². The van der Waals surface area contributed by atoms with Gasteiger partial charge in [-0.25, -0.2) is 15.0 Å². The molecule has 2 aliphatic heterocycles. The largest absolute Gasteiger partial charge is 0.331 e. The topological polar surface area (TPSA) is 89.9 Å². The number of carbonyl (C=O) groups excluding carboxylic acids is 1. The fraction of sp³-hybridized carbons (Fsp3) is 0.474. The smallest absolute Gasteiger partial charge is 0.254 e. The first-order chi connectivity index (χ1) is 23.2. The van der Waals surface area contributed by atoms with E-state index in [0.29, 0.717) is 40.3 Å². The highest BCUT2D eigenvalue weighted by Crippen LogP contribution is 2.49. The van der Waals surface area contributed by atoms with E-state index in [2.05, 4.69) is 63.6 Å². The van der Waals surface area contributed by atoms with Crippen LogP contribution in [0.1, 0.15) is 123 Å². The number of carbonyl (C=O) groups is 1. The van der Waals surface area contributed by atoms with Gasteiger partial charge in [-0.1, -0.05) is 72.4 Å². The quantitative estimate of drug-likeness (QED) is 0.178. The van der Waals surface area contributed by atoms with Crippen molar-refractivity contribution in [2.75, 3.05) is 6.98 Å². The third-order valence-corrected chi connectivity index (χ3v) is 17.5. The maximum atomic E-state index is 14.2. The standard InChI is InChI=1S/C38H46N6OSi/c1-23(2)46(24(3)4,25(5)6)18-15-26-11-10-12-29-34(26)32-20-33(43(7)36(29)45)35-42-30-14-13-27(19-31(30)44(32)35)28-21-40-37(41-22-28)38(39)16-8-9-17-38/h10-14,19,21-25,32-33H,8-9,16-17,20,39H2,1-7H3/t32-,33-/m1/s1/i7D3. The minimum Gasteiger partial charge on any atom is -0.331 e. The van der Waals surface area contributed by atoms with Crippen molar-refractivity contribution in [2.24, 2.45) is 5.73 Å². The molecule has 46 heavy (non-hydrogen) atoms. The van der Waals surface area contributed by atoms with Crippen LogP contribution in [0.15, 0.2) is 48.8 Å². The van der Waals surface area contributed by atoms with Gasteiger partial charge >= 0.3 is 0 Å². The maximum Gasteiger partial charge on any atom is 0.254 e. The molecule has 1 amide bonds. The van der Waals surface area contributed by atoms with Crippen molar-refractivity contribution < 1.29 is 8.91 Å². The van der Waals surface area contributed by atoms with Crippen LogP contribution in [-0.2, 0) is 5.54 Å². The van der Waals surface area contributed by atoms with Crippen LogP contribution in [-0.4, -0.2) is 45.4 Å². The molecule has 0 saturated heterocycles. The summed E-state index contributed by atoms with van der Waals surface area (Å²) < 4.78 is 27.6. The van der Waals surface area contributed by atoms with Gasteiger partial charge in [0.15, 0.2) is 0 Å². The molecule has 2 aromatic heterocycles. The lowest BCUT2D eigenvalue weighted by Crippen LogP contribution is -2.43. The van der Waals surface area contributed by atoms with Crippen molar-refractivity contribution in [3.8, 4) is 22.6 Å². The zero-order valence-corrected chi connectivity index (χ0v) is 28.8. The Labute approximate surface area is 278 Å². The molecule has 1 fully saturated rings. The van der Waals surface area contributed by atoms with Gasteiger partial charge in [0.1, 0.15) is 19.7 Å². The first-order valence-electron chi connectivity index (χ1n) is 18.3. The van der Waals surface area contributed by atoms with Crippen LogP contribution in [0.25, 0.3) is 22.2 Å². The molecule has 7 rings (SSSR count). The monoisotopic (exact) mass is 633 g/mol. The summed E-state index contributed by atoms with van der Waals surface area (Å²) in [6, 6.07) is 10.6. The number of nitrogens with zero attached hydrogens (tertiary/aromatic N) is 5. The van der Waals surface area contributed by atoms with Gasteiger partial charge < -0.3 is 15.2 Å². The number of imidazole rings is 1. The van der Waals surface area contributed by atoms with Crippen molar-refractivity contribution in [3.05, 3.63) is 77.1 Å². The van der Waals surface area contributed by atoms with Gasteiger partial charge in [-0.05, 0) is 59.3 Å². The average molecular weight is 634 g/mol. The fourth-order valence-electron chi connectivity index (χ4n) is 8.81. The molecule has 1 aliphatic carbocycles. The predicted molar refractivity (Wildman–Crippen MR) is 187 cm³/mol. The minimum absolute atomic E-state index is 0.316. The lowest BCUT2D eigenvalue weighted by Gasteiger charge is -2.38. The van der Waals surface area contributed by atoms with Gasteiger partial charge in [0, 0.05) is 52.2 Å². The number of benzene rings is 2. The molecule has 0 unspecified atom stereocenters. The Bertz CT molecular complexity index is 1980. The van der Waals surface area contributed by atoms with E-state index in [-0.39, 0.29) is 6.04 Å². The second-order valence-electron chi connectivity index (χ2n) is 14.6. The van der Waals surface area contributed by atoms with E-state index in [4.69, 9.17) is 24.8 Å². The molecule has 4 heterocycles. The van der Waals surface area contributed by atoms with Crippen molar-refractivity contribution in [2.45, 2.75) is 108 Å². The second kappa shape index (κ2) is 11.2. The van der Waals surface area contributed by atoms with Crippen molar-refractivity contribution >= 4 is 25.0 Å². The summed E-state index contributed by atoms with van der Waals surface area (Å²) in [4.78, 5) is 29.7. The summed E-state index contributed by atoms with van der Waals surface area (Å²) in [6.07, 6.45) is 8.05. The highest BCUT2D eigenvalue weighted by Gasteiger charge is 2.45. The Hall–Kier alpha value is -3.80. The summed E-state index contributed by atoms with van der Waals surface area (Å²) in [7, 11) is -2.10. The Kier molecular flexibility index (Phi) is 6.63. The molecule has 238 valence electrons. The number of hydrogen-bond donors (Lipinski definition) is 1. The average Bonchev–Trinajstić information content (AvgIpc) is 3.73. The summed E-state index contributed by atoms with van der Waals surface area (Å²) in [6.45, 7) is 11.1. The zero-order valence-electron chi connectivity index (χ0n) is 30.8. The van der Waals surface area contributed by atoms with Crippen LogP contribution < -0.4 is 5.73 Å². The van der Waals surface area contributed by atoms with Crippen LogP contribution in [0.5, 0.6) is 0 Å². The van der Waals surface area contributed by atoms with E-state index < -0.39 is 32.5 Å². The highest BCUT2D eigenvalue weighted by molar-refractivity contribution is 6.90. The van der Waals surface area contributed by atoms with E-state index in [1.54, 1.807) is 6.07 Å². The Morgan fingerprint density at radius 2 is 1.67 bits per heavy atom. The van der Waals surface area contributed by atoms with Crippen LogP contribution in [0, 0.1) is 11.5 Å². The number of rotatable bonds is 5. The Morgan fingerprint density at radius 1 is 0.978 bits per heavy atom. The van der Waals surface area contributed by atoms with Crippen LogP contribution >= 0.6 is 0 Å². The number of aromatic nitrogens is 4. The zero-order chi connectivity index (χ0) is 35.0. The van der Waals surface area contributed by atoms with E-state index in [1.807, 2.05) is 36.7 Å². The normalized spacial score (nSPS) is 21.6.